The Morgan fingerprint density at radius 1 is 1.39 bits per heavy atom. The summed E-state index contributed by atoms with van der Waals surface area (Å²) in [5.41, 5.74) is -0.869. The van der Waals surface area contributed by atoms with E-state index in [2.05, 4.69) is 22.9 Å². The third kappa shape index (κ3) is 2.29. The molecule has 0 N–H and O–H groups in total. The summed E-state index contributed by atoms with van der Waals surface area (Å²) in [6.45, 7) is 7.04. The van der Waals surface area contributed by atoms with E-state index in [9.17, 15) is 14.4 Å². The first-order chi connectivity index (χ1) is 10.7. The molecule has 1 saturated heterocycles. The third-order valence-corrected chi connectivity index (χ3v) is 6.45. The average molecular weight is 385 g/mol. The van der Waals surface area contributed by atoms with Gasteiger partial charge in [-0.15, -0.1) is 0 Å². The predicted molar refractivity (Wildman–Crippen MR) is 85.5 cm³/mol. The van der Waals surface area contributed by atoms with Crippen LogP contribution in [0.1, 0.15) is 34.1 Å². The van der Waals surface area contributed by atoms with E-state index in [0.717, 1.165) is 0 Å². The van der Waals surface area contributed by atoms with Gasteiger partial charge in [0.15, 0.2) is 5.78 Å². The van der Waals surface area contributed by atoms with Crippen LogP contribution in [0, 0.1) is 29.1 Å². The maximum atomic E-state index is 12.9. The fourth-order valence-corrected chi connectivity index (χ4v) is 5.37. The molecule has 3 rings (SSSR count). The van der Waals surface area contributed by atoms with E-state index in [1.807, 2.05) is 13.0 Å². The summed E-state index contributed by atoms with van der Waals surface area (Å²) in [6, 6.07) is 0. The number of esters is 2. The summed E-state index contributed by atoms with van der Waals surface area (Å²) in [6.07, 6.45) is 1.62. The standard InChI is InChI=1S/C17H21BrO5/c1-7-5-12-13(8(2)16(21)23-12)15(22-9(3)19)17(4)10(7)6-11(18)14(17)20/h6-8,10,12-13,15H,5H2,1-4H3. The highest BCUT2D eigenvalue weighted by Crippen LogP contribution is 2.56. The molecule has 0 aromatic rings. The van der Waals surface area contributed by atoms with Crippen LogP contribution in [0.15, 0.2) is 10.6 Å². The molecular weight excluding hydrogens is 364 g/mol. The summed E-state index contributed by atoms with van der Waals surface area (Å²) in [5, 5.41) is 0. The van der Waals surface area contributed by atoms with Crippen molar-refractivity contribution in [2.75, 3.05) is 0 Å². The van der Waals surface area contributed by atoms with Crippen molar-refractivity contribution in [1.82, 2.24) is 0 Å². The highest BCUT2D eigenvalue weighted by atomic mass is 79.9. The van der Waals surface area contributed by atoms with Gasteiger partial charge in [-0.05, 0) is 41.1 Å². The average Bonchev–Trinajstić information content (AvgIpc) is 2.83. The zero-order valence-electron chi connectivity index (χ0n) is 13.7. The molecule has 2 fully saturated rings. The summed E-state index contributed by atoms with van der Waals surface area (Å²) in [5.74, 6) is -1.36. The van der Waals surface area contributed by atoms with Crippen molar-refractivity contribution in [2.24, 2.45) is 29.1 Å². The van der Waals surface area contributed by atoms with Gasteiger partial charge in [0.25, 0.3) is 0 Å². The minimum Gasteiger partial charge on any atom is -0.462 e. The van der Waals surface area contributed by atoms with Crippen LogP contribution in [-0.4, -0.2) is 29.9 Å². The van der Waals surface area contributed by atoms with Gasteiger partial charge in [0.2, 0.25) is 0 Å². The summed E-state index contributed by atoms with van der Waals surface area (Å²) in [7, 11) is 0. The molecule has 0 aromatic carbocycles. The molecule has 1 aliphatic heterocycles. The molecule has 0 aromatic heterocycles. The Labute approximate surface area is 143 Å². The molecular formula is C17H21BrO5. The van der Waals surface area contributed by atoms with E-state index in [4.69, 9.17) is 9.47 Å². The number of Topliss-reactive ketones (excluding diaryl/α,β-unsaturated/α-hetero) is 1. The Morgan fingerprint density at radius 3 is 2.65 bits per heavy atom. The van der Waals surface area contributed by atoms with E-state index >= 15 is 0 Å². The van der Waals surface area contributed by atoms with E-state index in [0.29, 0.717) is 10.9 Å². The number of ketones is 1. The van der Waals surface area contributed by atoms with Gasteiger partial charge in [-0.25, -0.2) is 0 Å². The number of ether oxygens (including phenoxy) is 2. The molecule has 7 unspecified atom stereocenters. The normalized spacial score (nSPS) is 45.7. The van der Waals surface area contributed by atoms with Crippen molar-refractivity contribution in [1.29, 1.82) is 0 Å². The van der Waals surface area contributed by atoms with Gasteiger partial charge in [-0.2, -0.15) is 0 Å². The lowest BCUT2D eigenvalue weighted by Crippen LogP contribution is -2.50. The minimum absolute atomic E-state index is 0.0507. The number of halogens is 1. The first-order valence-electron chi connectivity index (χ1n) is 7.97. The van der Waals surface area contributed by atoms with Crippen LogP contribution in [0.5, 0.6) is 0 Å². The maximum absolute atomic E-state index is 12.9. The molecule has 0 bridgehead atoms. The number of allylic oxidation sites excluding steroid dienone is 2. The van der Waals surface area contributed by atoms with Gasteiger partial charge in [0, 0.05) is 12.8 Å². The zero-order valence-corrected chi connectivity index (χ0v) is 15.3. The number of carbonyl (C=O) groups excluding carboxylic acids is 3. The van der Waals surface area contributed by atoms with Crippen molar-refractivity contribution in [3.05, 3.63) is 10.6 Å². The maximum Gasteiger partial charge on any atom is 0.309 e. The molecule has 1 saturated carbocycles. The number of rotatable bonds is 1. The number of hydrogen-bond donors (Lipinski definition) is 0. The fraction of sp³-hybridized carbons (Fsp3) is 0.706. The lowest BCUT2D eigenvalue weighted by atomic mass is 9.66. The van der Waals surface area contributed by atoms with Gasteiger partial charge < -0.3 is 9.47 Å². The molecule has 2 aliphatic carbocycles. The highest BCUT2D eigenvalue weighted by molar-refractivity contribution is 9.12. The number of carbonyl (C=O) groups is 3. The molecule has 5 nitrogen and oxygen atoms in total. The Bertz CT molecular complexity index is 612. The van der Waals surface area contributed by atoms with Crippen molar-refractivity contribution < 1.29 is 23.9 Å². The van der Waals surface area contributed by atoms with Crippen LogP contribution in [0.25, 0.3) is 0 Å². The quantitative estimate of drug-likeness (QED) is 0.649. The van der Waals surface area contributed by atoms with Crippen molar-refractivity contribution >= 4 is 33.7 Å². The molecule has 23 heavy (non-hydrogen) atoms. The monoisotopic (exact) mass is 384 g/mol. The second-order valence-corrected chi connectivity index (χ2v) is 8.09. The summed E-state index contributed by atoms with van der Waals surface area (Å²) >= 11 is 3.35. The SMILES string of the molecule is CC(=O)OC1C2C(CC(C)C3C=C(Br)C(=O)C31C)OC(=O)C2C. The van der Waals surface area contributed by atoms with Gasteiger partial charge >= 0.3 is 11.9 Å². The van der Waals surface area contributed by atoms with E-state index in [1.165, 1.54) is 6.92 Å². The number of fused-ring (bicyclic) bond motifs is 2. The van der Waals surface area contributed by atoms with Crippen LogP contribution < -0.4 is 0 Å². The molecule has 126 valence electrons. The predicted octanol–water partition coefficient (Wildman–Crippen LogP) is 2.62. The van der Waals surface area contributed by atoms with Crippen LogP contribution in [0.4, 0.5) is 0 Å². The topological polar surface area (TPSA) is 69.7 Å². The summed E-state index contributed by atoms with van der Waals surface area (Å²) in [4.78, 5) is 36.7. The molecule has 3 aliphatic rings. The van der Waals surface area contributed by atoms with Crippen molar-refractivity contribution in [2.45, 2.75) is 46.3 Å². The smallest absolute Gasteiger partial charge is 0.309 e. The zero-order chi connectivity index (χ0) is 17.1. The lowest BCUT2D eigenvalue weighted by Gasteiger charge is -2.40. The van der Waals surface area contributed by atoms with Gasteiger partial charge in [-0.1, -0.05) is 19.9 Å². The number of hydrogen-bond acceptors (Lipinski definition) is 5. The Kier molecular flexibility index (Phi) is 3.94. The third-order valence-electron chi connectivity index (χ3n) is 5.82. The first kappa shape index (κ1) is 16.7. The van der Waals surface area contributed by atoms with Crippen LogP contribution in [-0.2, 0) is 23.9 Å². The fourth-order valence-electron chi connectivity index (χ4n) is 4.66. The van der Waals surface area contributed by atoms with Gasteiger partial charge in [0.05, 0.1) is 15.8 Å². The Balaban J connectivity index is 2.13. The van der Waals surface area contributed by atoms with Gasteiger partial charge in [-0.3, -0.25) is 14.4 Å². The minimum atomic E-state index is -0.869. The second-order valence-electron chi connectivity index (χ2n) is 7.24. The van der Waals surface area contributed by atoms with E-state index < -0.39 is 17.5 Å². The molecule has 6 heteroatoms. The molecule has 7 atom stereocenters. The van der Waals surface area contributed by atoms with Gasteiger partial charge in [0.1, 0.15) is 12.2 Å². The summed E-state index contributed by atoms with van der Waals surface area (Å²) < 4.78 is 11.7. The second kappa shape index (κ2) is 5.43. The first-order valence-corrected chi connectivity index (χ1v) is 8.77. The molecule has 0 amide bonds. The van der Waals surface area contributed by atoms with E-state index in [1.54, 1.807) is 6.92 Å². The lowest BCUT2D eigenvalue weighted by molar-refractivity contribution is -0.165. The molecule has 1 heterocycles. The van der Waals surface area contributed by atoms with Crippen molar-refractivity contribution in [3.63, 3.8) is 0 Å². The molecule has 0 radical (unpaired) electrons. The Morgan fingerprint density at radius 2 is 2.04 bits per heavy atom. The largest absolute Gasteiger partial charge is 0.462 e. The molecule has 0 spiro atoms. The van der Waals surface area contributed by atoms with Crippen molar-refractivity contribution in [3.8, 4) is 0 Å². The van der Waals surface area contributed by atoms with Crippen LogP contribution >= 0.6 is 15.9 Å². The van der Waals surface area contributed by atoms with E-state index in [-0.39, 0.29) is 41.5 Å². The van der Waals surface area contributed by atoms with Crippen LogP contribution in [0.3, 0.4) is 0 Å². The van der Waals surface area contributed by atoms with Crippen LogP contribution in [0.2, 0.25) is 0 Å². The Hall–Kier alpha value is -1.17. The highest BCUT2D eigenvalue weighted by Gasteiger charge is 2.63.